The number of hydrogen-bond acceptors (Lipinski definition) is 4. The Bertz CT molecular complexity index is 477. The molecule has 1 unspecified atom stereocenters. The topological polar surface area (TPSA) is 61.9 Å². The first-order valence-corrected chi connectivity index (χ1v) is 7.27. The van der Waals surface area contributed by atoms with Crippen LogP contribution < -0.4 is 10.1 Å². The minimum Gasteiger partial charge on any atom is -0.492 e. The highest BCUT2D eigenvalue weighted by Crippen LogP contribution is 2.07. The molecule has 0 aromatic heterocycles. The van der Waals surface area contributed by atoms with Crippen LogP contribution in [-0.4, -0.2) is 68.5 Å². The molecule has 0 fully saturated rings. The lowest BCUT2D eigenvalue weighted by atomic mass is 10.3. The highest BCUT2D eigenvalue weighted by Gasteiger charge is 2.17. The van der Waals surface area contributed by atoms with E-state index >= 15 is 0 Å². The van der Waals surface area contributed by atoms with E-state index in [2.05, 4.69) is 5.32 Å². The lowest BCUT2D eigenvalue weighted by Crippen LogP contribution is -2.47. The molecule has 0 aliphatic carbocycles. The fourth-order valence-electron chi connectivity index (χ4n) is 1.90. The predicted molar refractivity (Wildman–Crippen MR) is 85.7 cm³/mol. The molecule has 1 N–H and O–H groups in total. The van der Waals surface area contributed by atoms with Crippen molar-refractivity contribution in [1.29, 1.82) is 0 Å². The average molecular weight is 307 g/mol. The van der Waals surface area contributed by atoms with Gasteiger partial charge in [0.25, 0.3) is 0 Å². The third-order valence-electron chi connectivity index (χ3n) is 3.09. The smallest absolute Gasteiger partial charge is 0.244 e. The molecule has 6 heteroatoms. The van der Waals surface area contributed by atoms with Crippen molar-refractivity contribution in [1.82, 2.24) is 15.1 Å². The maximum Gasteiger partial charge on any atom is 0.244 e. The first-order chi connectivity index (χ1) is 10.4. The molecule has 0 saturated heterocycles. The van der Waals surface area contributed by atoms with Crippen LogP contribution in [0.15, 0.2) is 30.3 Å². The molecule has 1 atom stereocenters. The third kappa shape index (κ3) is 6.58. The summed E-state index contributed by atoms with van der Waals surface area (Å²) in [4.78, 5) is 26.8. The number of rotatable bonds is 8. The molecule has 0 aliphatic heterocycles. The van der Waals surface area contributed by atoms with Gasteiger partial charge in [0, 0.05) is 20.6 Å². The summed E-state index contributed by atoms with van der Waals surface area (Å²) in [5.74, 6) is 0.513. The number of carbonyl (C=O) groups is 2. The van der Waals surface area contributed by atoms with Gasteiger partial charge in [0.05, 0.1) is 6.54 Å². The van der Waals surface area contributed by atoms with Gasteiger partial charge in [-0.05, 0) is 26.1 Å². The maximum atomic E-state index is 11.9. The summed E-state index contributed by atoms with van der Waals surface area (Å²) >= 11 is 0. The van der Waals surface area contributed by atoms with Crippen molar-refractivity contribution in [3.8, 4) is 5.75 Å². The normalized spacial score (nSPS) is 11.9. The molecule has 122 valence electrons. The fraction of sp³-hybridized carbons (Fsp3) is 0.500. The maximum absolute atomic E-state index is 11.9. The van der Waals surface area contributed by atoms with E-state index in [-0.39, 0.29) is 18.4 Å². The van der Waals surface area contributed by atoms with Gasteiger partial charge < -0.3 is 15.0 Å². The quantitative estimate of drug-likeness (QED) is 0.763. The molecular formula is C16H25N3O3. The van der Waals surface area contributed by atoms with E-state index in [9.17, 15) is 9.59 Å². The van der Waals surface area contributed by atoms with Crippen molar-refractivity contribution in [2.24, 2.45) is 0 Å². The van der Waals surface area contributed by atoms with Crippen molar-refractivity contribution < 1.29 is 14.3 Å². The first-order valence-electron chi connectivity index (χ1n) is 7.27. The second kappa shape index (κ2) is 9.04. The van der Waals surface area contributed by atoms with E-state index in [1.54, 1.807) is 21.0 Å². The van der Waals surface area contributed by atoms with Crippen LogP contribution in [0.25, 0.3) is 0 Å². The van der Waals surface area contributed by atoms with Crippen molar-refractivity contribution in [2.45, 2.75) is 13.0 Å². The van der Waals surface area contributed by atoms with Crippen LogP contribution >= 0.6 is 0 Å². The third-order valence-corrected chi connectivity index (χ3v) is 3.09. The second-order valence-corrected chi connectivity index (χ2v) is 5.42. The van der Waals surface area contributed by atoms with E-state index in [0.29, 0.717) is 13.2 Å². The molecule has 22 heavy (non-hydrogen) atoms. The molecular weight excluding hydrogens is 282 g/mol. The van der Waals surface area contributed by atoms with Crippen molar-refractivity contribution in [2.75, 3.05) is 40.8 Å². The summed E-state index contributed by atoms with van der Waals surface area (Å²) in [5, 5.41) is 2.69. The zero-order chi connectivity index (χ0) is 16.5. The van der Waals surface area contributed by atoms with Crippen LogP contribution in [0.3, 0.4) is 0 Å². The van der Waals surface area contributed by atoms with Crippen LogP contribution in [0.4, 0.5) is 0 Å². The molecule has 1 aromatic rings. The molecule has 0 heterocycles. The van der Waals surface area contributed by atoms with E-state index in [1.165, 1.54) is 4.90 Å². The molecule has 1 rings (SSSR count). The SMILES string of the molecule is CC(NC(=O)CN(C)CCOc1ccccc1)C(=O)N(C)C. The number of benzene rings is 1. The van der Waals surface area contributed by atoms with Crippen LogP contribution in [0.2, 0.25) is 0 Å². The summed E-state index contributed by atoms with van der Waals surface area (Å²) in [6, 6.07) is 9.02. The van der Waals surface area contributed by atoms with Gasteiger partial charge in [-0.25, -0.2) is 0 Å². The average Bonchev–Trinajstić information content (AvgIpc) is 2.47. The van der Waals surface area contributed by atoms with Crippen LogP contribution in [-0.2, 0) is 9.59 Å². The standard InChI is InChI=1S/C16H25N3O3/c1-13(16(21)18(2)3)17-15(20)12-19(4)10-11-22-14-8-6-5-7-9-14/h5-9,13H,10-12H2,1-4H3,(H,17,20). The first kappa shape index (κ1) is 18.0. The fourth-order valence-corrected chi connectivity index (χ4v) is 1.90. The predicted octanol–water partition coefficient (Wildman–Crippen LogP) is 0.590. The van der Waals surface area contributed by atoms with Crippen molar-refractivity contribution >= 4 is 11.8 Å². The summed E-state index contributed by atoms with van der Waals surface area (Å²) in [7, 11) is 5.17. The Morgan fingerprint density at radius 3 is 2.41 bits per heavy atom. The number of nitrogens with one attached hydrogen (secondary N) is 1. The van der Waals surface area contributed by atoms with Gasteiger partial charge in [-0.15, -0.1) is 0 Å². The van der Waals surface area contributed by atoms with Gasteiger partial charge in [-0.2, -0.15) is 0 Å². The molecule has 2 amide bonds. The number of para-hydroxylation sites is 1. The molecule has 0 spiro atoms. The van der Waals surface area contributed by atoms with Gasteiger partial charge in [0.1, 0.15) is 18.4 Å². The Morgan fingerprint density at radius 2 is 1.82 bits per heavy atom. The monoisotopic (exact) mass is 307 g/mol. The molecule has 0 bridgehead atoms. The summed E-state index contributed by atoms with van der Waals surface area (Å²) < 4.78 is 5.57. The van der Waals surface area contributed by atoms with Gasteiger partial charge in [0.15, 0.2) is 0 Å². The second-order valence-electron chi connectivity index (χ2n) is 5.42. The summed E-state index contributed by atoms with van der Waals surface area (Å²) in [6.07, 6.45) is 0. The minimum atomic E-state index is -0.517. The van der Waals surface area contributed by atoms with Crippen molar-refractivity contribution in [3.63, 3.8) is 0 Å². The van der Waals surface area contributed by atoms with E-state index in [1.807, 2.05) is 42.3 Å². The Morgan fingerprint density at radius 1 is 1.18 bits per heavy atom. The molecule has 0 radical (unpaired) electrons. The number of carbonyl (C=O) groups excluding carboxylic acids is 2. The minimum absolute atomic E-state index is 0.122. The Labute approximate surface area is 132 Å². The summed E-state index contributed by atoms with van der Waals surface area (Å²) in [6.45, 7) is 3.03. The zero-order valence-corrected chi connectivity index (χ0v) is 13.7. The Balaban J connectivity index is 2.25. The zero-order valence-electron chi connectivity index (χ0n) is 13.7. The van der Waals surface area contributed by atoms with Crippen LogP contribution in [0, 0.1) is 0 Å². The van der Waals surface area contributed by atoms with E-state index in [0.717, 1.165) is 5.75 Å². The Kier molecular flexibility index (Phi) is 7.39. The molecule has 6 nitrogen and oxygen atoms in total. The number of amides is 2. The van der Waals surface area contributed by atoms with Crippen molar-refractivity contribution in [3.05, 3.63) is 30.3 Å². The summed E-state index contributed by atoms with van der Waals surface area (Å²) in [5.41, 5.74) is 0. The number of likely N-dealkylation sites (N-methyl/N-ethyl adjacent to an activating group) is 2. The van der Waals surface area contributed by atoms with Gasteiger partial charge in [-0.1, -0.05) is 18.2 Å². The Hall–Kier alpha value is -2.08. The van der Waals surface area contributed by atoms with Crippen LogP contribution in [0.1, 0.15) is 6.92 Å². The largest absolute Gasteiger partial charge is 0.492 e. The lowest BCUT2D eigenvalue weighted by molar-refractivity contribution is -0.134. The number of ether oxygens (including phenoxy) is 1. The highest BCUT2D eigenvalue weighted by molar-refractivity contribution is 5.87. The molecule has 1 aromatic carbocycles. The lowest BCUT2D eigenvalue weighted by Gasteiger charge is -2.20. The van der Waals surface area contributed by atoms with Gasteiger partial charge in [-0.3, -0.25) is 14.5 Å². The van der Waals surface area contributed by atoms with E-state index in [4.69, 9.17) is 4.74 Å². The van der Waals surface area contributed by atoms with Gasteiger partial charge >= 0.3 is 0 Å². The van der Waals surface area contributed by atoms with Crippen LogP contribution in [0.5, 0.6) is 5.75 Å². The van der Waals surface area contributed by atoms with E-state index < -0.39 is 6.04 Å². The molecule has 0 aliphatic rings. The van der Waals surface area contributed by atoms with Gasteiger partial charge in [0.2, 0.25) is 11.8 Å². The number of nitrogens with zero attached hydrogens (tertiary/aromatic N) is 2. The number of hydrogen-bond donors (Lipinski definition) is 1. The molecule has 0 saturated carbocycles. The highest BCUT2D eigenvalue weighted by atomic mass is 16.5.